The number of hydrogen-bond donors (Lipinski definition) is 1. The van der Waals surface area contributed by atoms with Gasteiger partial charge in [-0.3, -0.25) is 9.59 Å². The number of aromatic nitrogens is 3. The second kappa shape index (κ2) is 5.94. The number of carboxylic acid groups (broad SMARTS) is 1. The van der Waals surface area contributed by atoms with Crippen molar-refractivity contribution >= 4 is 49.9 Å². The third kappa shape index (κ3) is 2.77. The van der Waals surface area contributed by atoms with E-state index in [0.29, 0.717) is 20.9 Å². The zero-order chi connectivity index (χ0) is 17.6. The van der Waals surface area contributed by atoms with Crippen LogP contribution in [0.15, 0.2) is 47.3 Å². The molecule has 2 heterocycles. The van der Waals surface area contributed by atoms with E-state index < -0.39 is 5.97 Å². The first kappa shape index (κ1) is 15.7. The van der Waals surface area contributed by atoms with Crippen LogP contribution in [-0.4, -0.2) is 25.8 Å². The number of carboxylic acids is 1. The van der Waals surface area contributed by atoms with Gasteiger partial charge < -0.3 is 5.11 Å². The molecule has 25 heavy (non-hydrogen) atoms. The molecule has 0 saturated heterocycles. The summed E-state index contributed by atoms with van der Waals surface area (Å²) in [5.41, 5.74) is 0.663. The molecule has 0 fully saturated rings. The first-order valence-electron chi connectivity index (χ1n) is 7.32. The molecule has 0 aliphatic heterocycles. The molecule has 1 N–H and O–H groups in total. The molecule has 0 spiro atoms. The van der Waals surface area contributed by atoms with Crippen LogP contribution in [0.1, 0.15) is 5.69 Å². The largest absolute Gasteiger partial charge is 0.481 e. The second-order valence-electron chi connectivity index (χ2n) is 5.39. The summed E-state index contributed by atoms with van der Waals surface area (Å²) in [6, 6.07) is 12.2. The highest BCUT2D eigenvalue weighted by Gasteiger charge is 2.16. The Balaban J connectivity index is 2.03. The Morgan fingerprint density at radius 1 is 1.20 bits per heavy atom. The number of thiazole rings is 1. The Morgan fingerprint density at radius 3 is 2.76 bits per heavy atom. The molecule has 2 aromatic carbocycles. The average molecular weight is 372 g/mol. The predicted molar refractivity (Wildman–Crippen MR) is 96.9 cm³/mol. The van der Waals surface area contributed by atoms with Gasteiger partial charge in [-0.1, -0.05) is 35.1 Å². The minimum absolute atomic E-state index is 0.267. The van der Waals surface area contributed by atoms with Crippen LogP contribution in [0.4, 0.5) is 0 Å². The maximum absolute atomic E-state index is 12.8. The van der Waals surface area contributed by atoms with Crippen LogP contribution in [0.2, 0.25) is 5.02 Å². The summed E-state index contributed by atoms with van der Waals surface area (Å²) in [4.78, 5) is 28.5. The summed E-state index contributed by atoms with van der Waals surface area (Å²) in [7, 11) is 0. The van der Waals surface area contributed by atoms with Crippen LogP contribution in [0, 0.1) is 0 Å². The third-order valence-electron chi connectivity index (χ3n) is 3.72. The number of rotatable bonds is 3. The standard InChI is InChI=1S/C17H10ClN3O3S/c18-9-5-6-10-11(7-9)13(8-15(22)23)20-21(16(10)24)17-19-12-3-1-2-4-14(12)25-17/h1-7H,8H2,(H,22,23). The summed E-state index contributed by atoms with van der Waals surface area (Å²) < 4.78 is 2.08. The number of nitrogens with zero attached hydrogens (tertiary/aromatic N) is 3. The molecule has 0 aliphatic rings. The van der Waals surface area contributed by atoms with Gasteiger partial charge in [0, 0.05) is 10.4 Å². The Hall–Kier alpha value is -2.77. The van der Waals surface area contributed by atoms with E-state index in [-0.39, 0.29) is 17.7 Å². The molecule has 0 amide bonds. The molecular formula is C17H10ClN3O3S. The molecule has 4 rings (SSSR count). The molecule has 4 aromatic rings. The molecule has 0 atom stereocenters. The monoisotopic (exact) mass is 371 g/mol. The number of hydrogen-bond acceptors (Lipinski definition) is 5. The number of para-hydroxylation sites is 1. The molecule has 0 bridgehead atoms. The first-order valence-corrected chi connectivity index (χ1v) is 8.51. The minimum atomic E-state index is -1.04. The van der Waals surface area contributed by atoms with Gasteiger partial charge in [0.2, 0.25) is 5.13 Å². The molecule has 0 radical (unpaired) electrons. The van der Waals surface area contributed by atoms with Crippen molar-refractivity contribution in [3.8, 4) is 5.13 Å². The van der Waals surface area contributed by atoms with Crippen molar-refractivity contribution in [3.05, 3.63) is 63.5 Å². The number of halogens is 1. The van der Waals surface area contributed by atoms with Crippen LogP contribution in [0.25, 0.3) is 26.1 Å². The van der Waals surface area contributed by atoms with E-state index in [1.165, 1.54) is 16.0 Å². The van der Waals surface area contributed by atoms with E-state index in [9.17, 15) is 9.59 Å². The molecule has 8 heteroatoms. The van der Waals surface area contributed by atoms with Crippen molar-refractivity contribution < 1.29 is 9.90 Å². The topological polar surface area (TPSA) is 85.1 Å². The van der Waals surface area contributed by atoms with Gasteiger partial charge in [0.05, 0.1) is 27.7 Å². The number of benzene rings is 2. The van der Waals surface area contributed by atoms with Crippen LogP contribution < -0.4 is 5.56 Å². The third-order valence-corrected chi connectivity index (χ3v) is 4.97. The van der Waals surface area contributed by atoms with Crippen molar-refractivity contribution in [2.45, 2.75) is 6.42 Å². The molecule has 0 aliphatic carbocycles. The predicted octanol–water partition coefficient (Wildman–Crippen LogP) is 3.28. The normalized spacial score (nSPS) is 11.2. The van der Waals surface area contributed by atoms with Gasteiger partial charge in [-0.25, -0.2) is 4.98 Å². The Labute approximate surface area is 149 Å². The maximum Gasteiger partial charge on any atom is 0.309 e. The lowest BCUT2D eigenvalue weighted by atomic mass is 10.1. The van der Waals surface area contributed by atoms with E-state index >= 15 is 0 Å². The van der Waals surface area contributed by atoms with E-state index in [2.05, 4.69) is 10.1 Å². The Kier molecular flexibility index (Phi) is 3.74. The molecular weight excluding hydrogens is 362 g/mol. The highest BCUT2D eigenvalue weighted by atomic mass is 35.5. The lowest BCUT2D eigenvalue weighted by Gasteiger charge is -2.08. The smallest absolute Gasteiger partial charge is 0.309 e. The SMILES string of the molecule is O=C(O)Cc1nn(-c2nc3ccccc3s2)c(=O)c2ccc(Cl)cc12. The zero-order valence-corrected chi connectivity index (χ0v) is 14.2. The van der Waals surface area contributed by atoms with Gasteiger partial charge in [-0.2, -0.15) is 9.78 Å². The maximum atomic E-state index is 12.8. The summed E-state index contributed by atoms with van der Waals surface area (Å²) in [5, 5.41) is 15.0. The van der Waals surface area contributed by atoms with Gasteiger partial charge in [0.15, 0.2) is 0 Å². The van der Waals surface area contributed by atoms with Gasteiger partial charge >= 0.3 is 5.97 Å². The van der Waals surface area contributed by atoms with Gasteiger partial charge in [0.1, 0.15) is 0 Å². The van der Waals surface area contributed by atoms with Crippen molar-refractivity contribution in [1.29, 1.82) is 0 Å². The Bertz CT molecular complexity index is 1170. The number of carbonyl (C=O) groups is 1. The van der Waals surface area contributed by atoms with Crippen molar-refractivity contribution in [1.82, 2.24) is 14.8 Å². The van der Waals surface area contributed by atoms with Crippen molar-refractivity contribution in [3.63, 3.8) is 0 Å². The van der Waals surface area contributed by atoms with Crippen molar-refractivity contribution in [2.24, 2.45) is 0 Å². The van der Waals surface area contributed by atoms with Gasteiger partial charge in [-0.05, 0) is 30.3 Å². The lowest BCUT2D eigenvalue weighted by Crippen LogP contribution is -2.23. The van der Waals surface area contributed by atoms with E-state index in [1.54, 1.807) is 18.2 Å². The number of aliphatic carboxylic acids is 1. The average Bonchev–Trinajstić information content (AvgIpc) is 3.00. The summed E-state index contributed by atoms with van der Waals surface area (Å²) in [6.45, 7) is 0. The summed E-state index contributed by atoms with van der Waals surface area (Å²) in [6.07, 6.45) is -0.317. The minimum Gasteiger partial charge on any atom is -0.481 e. The van der Waals surface area contributed by atoms with E-state index in [1.807, 2.05) is 24.3 Å². The first-order chi connectivity index (χ1) is 12.0. The fourth-order valence-corrected chi connectivity index (χ4v) is 3.72. The van der Waals surface area contributed by atoms with Crippen LogP contribution in [-0.2, 0) is 11.2 Å². The van der Waals surface area contributed by atoms with Crippen LogP contribution in [0.3, 0.4) is 0 Å². The zero-order valence-electron chi connectivity index (χ0n) is 12.6. The molecule has 2 aromatic heterocycles. The second-order valence-corrected chi connectivity index (χ2v) is 6.83. The summed E-state index contributed by atoms with van der Waals surface area (Å²) in [5.74, 6) is -1.04. The van der Waals surface area contributed by atoms with Crippen LogP contribution in [0.5, 0.6) is 0 Å². The van der Waals surface area contributed by atoms with Crippen molar-refractivity contribution in [2.75, 3.05) is 0 Å². The fraction of sp³-hybridized carbons (Fsp3) is 0.0588. The van der Waals surface area contributed by atoms with Gasteiger partial charge in [-0.15, -0.1) is 0 Å². The molecule has 0 unspecified atom stereocenters. The molecule has 0 saturated carbocycles. The highest BCUT2D eigenvalue weighted by molar-refractivity contribution is 7.20. The molecule has 6 nitrogen and oxygen atoms in total. The summed E-state index contributed by atoms with van der Waals surface area (Å²) >= 11 is 7.32. The molecule has 124 valence electrons. The van der Waals surface area contributed by atoms with Gasteiger partial charge in [0.25, 0.3) is 5.56 Å². The van der Waals surface area contributed by atoms with E-state index in [0.717, 1.165) is 10.2 Å². The quantitative estimate of drug-likeness (QED) is 0.597. The van der Waals surface area contributed by atoms with Crippen LogP contribution >= 0.6 is 22.9 Å². The fourth-order valence-electron chi connectivity index (χ4n) is 2.63. The lowest BCUT2D eigenvalue weighted by molar-refractivity contribution is -0.136. The highest BCUT2D eigenvalue weighted by Crippen LogP contribution is 2.25. The number of fused-ring (bicyclic) bond motifs is 2. The Morgan fingerprint density at radius 2 is 2.00 bits per heavy atom. The van der Waals surface area contributed by atoms with E-state index in [4.69, 9.17) is 16.7 Å².